The molecule has 0 bridgehead atoms. The lowest BCUT2D eigenvalue weighted by molar-refractivity contribution is -0.154. The molecule has 0 aliphatic heterocycles. The number of ether oxygens (including phenoxy) is 1. The molecule has 1 N–H and O–H groups in total. The summed E-state index contributed by atoms with van der Waals surface area (Å²) in [5.41, 5.74) is -0.258. The molecule has 3 heteroatoms. The Balaban J connectivity index is 2.18. The van der Waals surface area contributed by atoms with Crippen LogP contribution in [0.25, 0.3) is 0 Å². The summed E-state index contributed by atoms with van der Waals surface area (Å²) >= 11 is 0. The molecule has 2 rings (SSSR count). The van der Waals surface area contributed by atoms with Crippen molar-refractivity contribution >= 4 is 5.97 Å². The van der Waals surface area contributed by atoms with Crippen LogP contribution in [0, 0.1) is 11.3 Å². The third-order valence-corrected chi connectivity index (χ3v) is 5.04. The number of methoxy groups -OCH3 is 1. The minimum atomic E-state index is -0.460. The minimum Gasteiger partial charge on any atom is -0.468 e. The van der Waals surface area contributed by atoms with E-state index in [2.05, 4.69) is 26.1 Å². The van der Waals surface area contributed by atoms with Crippen molar-refractivity contribution < 1.29 is 9.53 Å². The third kappa shape index (κ3) is 3.55. The van der Waals surface area contributed by atoms with Crippen molar-refractivity contribution in [1.82, 2.24) is 5.32 Å². The van der Waals surface area contributed by atoms with Crippen LogP contribution in [0.5, 0.6) is 0 Å². The Labute approximate surface area is 123 Å². The number of carbonyl (C=O) groups is 1. The number of esters is 1. The van der Waals surface area contributed by atoms with E-state index in [1.54, 1.807) is 0 Å². The van der Waals surface area contributed by atoms with Crippen LogP contribution >= 0.6 is 0 Å². The molecule has 2 saturated carbocycles. The highest BCUT2D eigenvalue weighted by molar-refractivity contribution is 5.81. The van der Waals surface area contributed by atoms with Gasteiger partial charge in [-0.05, 0) is 43.4 Å². The third-order valence-electron chi connectivity index (χ3n) is 5.04. The molecule has 0 aromatic carbocycles. The van der Waals surface area contributed by atoms with Crippen molar-refractivity contribution in [2.24, 2.45) is 11.3 Å². The lowest BCUT2D eigenvalue weighted by atomic mass is 9.64. The van der Waals surface area contributed by atoms with Gasteiger partial charge in [-0.2, -0.15) is 0 Å². The number of hydrogen-bond donors (Lipinski definition) is 1. The summed E-state index contributed by atoms with van der Waals surface area (Å²) in [5, 5.41) is 3.73. The van der Waals surface area contributed by atoms with Gasteiger partial charge >= 0.3 is 5.97 Å². The van der Waals surface area contributed by atoms with Crippen molar-refractivity contribution in [1.29, 1.82) is 0 Å². The van der Waals surface area contributed by atoms with Crippen LogP contribution in [0.1, 0.15) is 72.1 Å². The van der Waals surface area contributed by atoms with Crippen molar-refractivity contribution in [3.05, 3.63) is 0 Å². The first-order valence-corrected chi connectivity index (χ1v) is 8.23. The maximum absolute atomic E-state index is 12.5. The first kappa shape index (κ1) is 15.8. The summed E-state index contributed by atoms with van der Waals surface area (Å²) < 4.78 is 5.17. The van der Waals surface area contributed by atoms with Crippen LogP contribution in [-0.4, -0.2) is 24.7 Å². The second-order valence-electron chi connectivity index (χ2n) is 7.91. The normalized spacial score (nSPS) is 34.7. The van der Waals surface area contributed by atoms with E-state index < -0.39 is 5.54 Å². The van der Waals surface area contributed by atoms with Crippen LogP contribution in [0.4, 0.5) is 0 Å². The minimum absolute atomic E-state index is 0.0531. The van der Waals surface area contributed by atoms with Gasteiger partial charge in [0.15, 0.2) is 0 Å². The second-order valence-corrected chi connectivity index (χ2v) is 7.91. The van der Waals surface area contributed by atoms with Gasteiger partial charge in [0.1, 0.15) is 5.54 Å². The van der Waals surface area contributed by atoms with Gasteiger partial charge in [-0.3, -0.25) is 10.1 Å². The zero-order chi connectivity index (χ0) is 14.8. The molecule has 0 heterocycles. The average molecular weight is 281 g/mol. The first-order chi connectivity index (χ1) is 9.37. The molecule has 2 unspecified atom stereocenters. The SMILES string of the molecule is COC(=O)C1(NC2CCCCC2)CC(C)CC(C)(C)C1. The standard InChI is InChI=1S/C17H31NO2/c1-13-10-16(2,3)12-17(11-13,15(19)20-4)18-14-8-6-5-7-9-14/h13-14,18H,5-12H2,1-4H3. The molecule has 0 spiro atoms. The fourth-order valence-electron chi connectivity index (χ4n) is 4.73. The number of nitrogens with one attached hydrogen (secondary N) is 1. The van der Waals surface area contributed by atoms with Gasteiger partial charge in [0.25, 0.3) is 0 Å². The molecule has 2 aliphatic carbocycles. The molecule has 0 saturated heterocycles. The Morgan fingerprint density at radius 2 is 1.80 bits per heavy atom. The summed E-state index contributed by atoms with van der Waals surface area (Å²) in [6.07, 6.45) is 9.32. The van der Waals surface area contributed by atoms with Gasteiger partial charge in [0.2, 0.25) is 0 Å². The highest BCUT2D eigenvalue weighted by atomic mass is 16.5. The second kappa shape index (κ2) is 6.05. The van der Waals surface area contributed by atoms with Gasteiger partial charge < -0.3 is 4.74 Å². The van der Waals surface area contributed by atoms with Gasteiger partial charge in [0.05, 0.1) is 7.11 Å². The van der Waals surface area contributed by atoms with Gasteiger partial charge in [-0.1, -0.05) is 40.0 Å². The zero-order valence-corrected chi connectivity index (χ0v) is 13.6. The summed E-state index contributed by atoms with van der Waals surface area (Å²) in [6.45, 7) is 6.83. The Kier molecular flexibility index (Phi) is 4.78. The molecule has 20 heavy (non-hydrogen) atoms. The number of rotatable bonds is 3. The molecule has 2 fully saturated rings. The summed E-state index contributed by atoms with van der Waals surface area (Å²) in [5.74, 6) is 0.511. The van der Waals surface area contributed by atoms with Crippen molar-refractivity contribution in [2.45, 2.75) is 83.7 Å². The molecular weight excluding hydrogens is 250 g/mol. The summed E-state index contributed by atoms with van der Waals surface area (Å²) in [7, 11) is 1.53. The molecule has 3 nitrogen and oxygen atoms in total. The quantitative estimate of drug-likeness (QED) is 0.802. The predicted molar refractivity (Wildman–Crippen MR) is 81.6 cm³/mol. The zero-order valence-electron chi connectivity index (χ0n) is 13.6. The maximum Gasteiger partial charge on any atom is 0.326 e. The maximum atomic E-state index is 12.5. The highest BCUT2D eigenvalue weighted by Gasteiger charge is 2.49. The Hall–Kier alpha value is -0.570. The Bertz CT molecular complexity index is 347. The lowest BCUT2D eigenvalue weighted by Gasteiger charge is -2.48. The predicted octanol–water partition coefficient (Wildman–Crippen LogP) is 3.67. The topological polar surface area (TPSA) is 38.3 Å². The van der Waals surface area contributed by atoms with E-state index in [0.29, 0.717) is 12.0 Å². The fraction of sp³-hybridized carbons (Fsp3) is 0.941. The van der Waals surface area contributed by atoms with Gasteiger partial charge in [-0.15, -0.1) is 0 Å². The van der Waals surface area contributed by atoms with Crippen LogP contribution in [0.3, 0.4) is 0 Å². The van der Waals surface area contributed by atoms with Gasteiger partial charge in [-0.25, -0.2) is 0 Å². The van der Waals surface area contributed by atoms with E-state index in [9.17, 15) is 4.79 Å². The molecule has 2 aliphatic rings. The van der Waals surface area contributed by atoms with E-state index >= 15 is 0 Å². The Morgan fingerprint density at radius 3 is 2.35 bits per heavy atom. The molecule has 0 aromatic rings. The smallest absolute Gasteiger partial charge is 0.326 e. The molecule has 2 atom stereocenters. The van der Waals surface area contributed by atoms with Gasteiger partial charge in [0, 0.05) is 6.04 Å². The van der Waals surface area contributed by atoms with E-state index in [1.165, 1.54) is 45.6 Å². The average Bonchev–Trinajstić information content (AvgIpc) is 2.36. The van der Waals surface area contributed by atoms with Crippen LogP contribution < -0.4 is 5.32 Å². The summed E-state index contributed by atoms with van der Waals surface area (Å²) in [4.78, 5) is 12.5. The van der Waals surface area contributed by atoms with E-state index in [0.717, 1.165) is 12.8 Å². The van der Waals surface area contributed by atoms with E-state index in [4.69, 9.17) is 4.74 Å². The van der Waals surface area contributed by atoms with E-state index in [1.807, 2.05) is 0 Å². The Morgan fingerprint density at radius 1 is 1.15 bits per heavy atom. The molecule has 0 radical (unpaired) electrons. The van der Waals surface area contributed by atoms with E-state index in [-0.39, 0.29) is 11.4 Å². The monoisotopic (exact) mass is 281 g/mol. The molecule has 116 valence electrons. The fourth-order valence-corrected chi connectivity index (χ4v) is 4.73. The highest BCUT2D eigenvalue weighted by Crippen LogP contribution is 2.45. The van der Waals surface area contributed by atoms with Crippen molar-refractivity contribution in [2.75, 3.05) is 7.11 Å². The summed E-state index contributed by atoms with van der Waals surface area (Å²) in [6, 6.07) is 0.490. The first-order valence-electron chi connectivity index (χ1n) is 8.23. The largest absolute Gasteiger partial charge is 0.468 e. The van der Waals surface area contributed by atoms with Crippen LogP contribution in [-0.2, 0) is 9.53 Å². The molecule has 0 amide bonds. The number of carbonyl (C=O) groups excluding carboxylic acids is 1. The molecule has 0 aromatic heterocycles. The van der Waals surface area contributed by atoms with Crippen LogP contribution in [0.15, 0.2) is 0 Å². The van der Waals surface area contributed by atoms with Crippen molar-refractivity contribution in [3.63, 3.8) is 0 Å². The lowest BCUT2D eigenvalue weighted by Crippen LogP contribution is -2.61. The van der Waals surface area contributed by atoms with Crippen molar-refractivity contribution in [3.8, 4) is 0 Å². The number of hydrogen-bond acceptors (Lipinski definition) is 3. The molecular formula is C17H31NO2. The van der Waals surface area contributed by atoms with Crippen LogP contribution in [0.2, 0.25) is 0 Å².